The van der Waals surface area contributed by atoms with Crippen LogP contribution in [0.2, 0.25) is 0 Å². The predicted octanol–water partition coefficient (Wildman–Crippen LogP) is -12.0. The van der Waals surface area contributed by atoms with Crippen LogP contribution in [-0.4, -0.2) is 321 Å². The number of carboxylic acid groups (broad SMARTS) is 2. The highest BCUT2D eigenvalue weighted by molar-refractivity contribution is 6.02. The van der Waals surface area contributed by atoms with Gasteiger partial charge in [0.1, 0.15) is 102 Å². The topological polar surface area (TPSA) is 891 Å². The molecule has 51 heteroatoms. The fraction of sp³-hybridized carbons (Fsp3) is 0.622. The van der Waals surface area contributed by atoms with E-state index in [0.29, 0.717) is 12.0 Å². The number of guanidine groups is 1. The monoisotopic (exact) mass is 1890 g/mol. The summed E-state index contributed by atoms with van der Waals surface area (Å²) in [5.74, 6) is -22.4. The molecule has 41 N–H and O–H groups in total. The van der Waals surface area contributed by atoms with Crippen molar-refractivity contribution in [2.45, 2.75) is 253 Å². The highest BCUT2D eigenvalue weighted by atomic mass is 16.4. The fourth-order valence-electron chi connectivity index (χ4n) is 13.7. The standard InChI is InChI=1S/C82H136N26O25/c1-6-41(4)64(106-77(128)60-36-47(113)38-108(60)80(131)63(90)40(2)3)78(129)101-50(20-21-62(115)116)68(119)102-56(34-43-12-16-45(111)17-13-43)75(126)107-65(42(5)110)79(130)103-57(37-61(89)114)74(125)95-49(11-9-33-93-82(91)92)67(118)97-55(26-32-88)73(124)105-59(39-109)76(127)100-53(24-30-86)69(120)94-48(10-7-8-27-83)66(117)96-51(22-28-84)70(121)98-52(23-29-85)71(122)99-54(25-31-87)72(123)104-58(81(132)133)35-44-14-18-46(112)19-15-44/h12-19,40-42,47-60,63-65,109-113H,6-11,20-39,83-88,90H2,1-5H3,(H2,89,114)(H,94,120)(H,95,125)(H,96,117)(H,97,118)(H,98,121)(H,99,122)(H,100,127)(H,101,129)(H,102,119)(H,103,130)(H,104,123)(H,105,124)(H,106,128)(H,107,126)(H,115,116)(H,132,133)(H4,91,92,93)/t41-,42+,47+,48-,49-,50-,51-,52-,53+,54-,55-,56-,57-,58-,59-,60-,63-,64-,65-/m0/s1. The number of nitrogens with one attached hydrogen (secondary N) is 16. The van der Waals surface area contributed by atoms with E-state index in [1.54, 1.807) is 27.7 Å². The summed E-state index contributed by atoms with van der Waals surface area (Å²) in [6.45, 7) is 4.82. The number of nitrogens with two attached hydrogens (primary N) is 9. The molecule has 0 bridgehead atoms. The first-order valence-corrected chi connectivity index (χ1v) is 43.7. The molecule has 0 spiro atoms. The lowest BCUT2D eigenvalue weighted by Gasteiger charge is -2.31. The Hall–Kier alpha value is -12.6. The molecule has 16 amide bonds. The number of nitrogens with zero attached hydrogens (tertiary/aromatic N) is 1. The van der Waals surface area contributed by atoms with E-state index < -0.39 is 272 Å². The second-order valence-corrected chi connectivity index (χ2v) is 32.5. The average molecular weight is 1890 g/mol. The van der Waals surface area contributed by atoms with Crippen molar-refractivity contribution in [1.29, 1.82) is 5.41 Å². The van der Waals surface area contributed by atoms with Gasteiger partial charge in [0.15, 0.2) is 5.96 Å². The number of primary amides is 1. The maximum absolute atomic E-state index is 14.7. The highest BCUT2D eigenvalue weighted by Crippen LogP contribution is 2.23. The largest absolute Gasteiger partial charge is 0.508 e. The molecule has 1 heterocycles. The van der Waals surface area contributed by atoms with E-state index in [1.807, 2.05) is 0 Å². The Morgan fingerprint density at radius 3 is 1.15 bits per heavy atom. The van der Waals surface area contributed by atoms with Crippen molar-refractivity contribution in [3.63, 3.8) is 0 Å². The minimum absolute atomic E-state index is 0.0890. The molecule has 3 rings (SSSR count). The van der Waals surface area contributed by atoms with Gasteiger partial charge in [0, 0.05) is 38.8 Å². The van der Waals surface area contributed by atoms with E-state index in [2.05, 4.69) is 79.8 Å². The SMILES string of the molecule is CC[C@H](C)[C@H](NC(=O)[C@@H]1C[C@@H](O)CN1C(=O)[C@@H](N)C(C)C)C(=O)N[C@@H](CCC(=O)O)C(=O)N[C@@H](Cc1ccc(O)cc1)C(=O)N[C@H](C(=O)N[C@@H](CC(N)=O)C(=O)N[C@@H](CCCNC(=N)N)C(=O)N[C@@H](CCN)C(=O)N[C@@H](CO)C(=O)N[C@H](CCN)C(=O)N[C@@H](CCCCN)C(=O)N[C@@H](CCN)C(=O)N[C@@H](CCN)C(=O)N[C@@H](CCN)C(=O)N[C@@H](Cc1ccc(O)cc1)C(=O)O)[C@@H](C)O. The molecule has 1 aliphatic rings. The number of hydrogen-bond donors (Lipinski definition) is 32. The number of benzene rings is 2. The number of hydrogen-bond acceptors (Lipinski definition) is 31. The van der Waals surface area contributed by atoms with Crippen LogP contribution in [0.1, 0.15) is 142 Å². The normalized spacial score (nSPS) is 16.7. The number of aliphatic hydroxyl groups excluding tert-OH is 3. The lowest BCUT2D eigenvalue weighted by molar-refractivity contribution is -0.142. The maximum Gasteiger partial charge on any atom is 0.326 e. The van der Waals surface area contributed by atoms with E-state index in [9.17, 15) is 122 Å². The van der Waals surface area contributed by atoms with Crippen LogP contribution in [0.25, 0.3) is 0 Å². The van der Waals surface area contributed by atoms with Crippen molar-refractivity contribution in [3.8, 4) is 11.5 Å². The van der Waals surface area contributed by atoms with E-state index in [4.69, 9.17) is 57.0 Å². The van der Waals surface area contributed by atoms with Gasteiger partial charge >= 0.3 is 11.9 Å². The molecule has 1 fully saturated rings. The number of aliphatic carboxylic acids is 2. The molecule has 19 atom stereocenters. The van der Waals surface area contributed by atoms with Crippen LogP contribution in [0, 0.1) is 17.2 Å². The summed E-state index contributed by atoms with van der Waals surface area (Å²) in [6, 6.07) is -15.7. The van der Waals surface area contributed by atoms with E-state index in [1.165, 1.54) is 48.5 Å². The molecule has 0 saturated carbocycles. The minimum Gasteiger partial charge on any atom is -0.508 e. The Balaban J connectivity index is 1.91. The van der Waals surface area contributed by atoms with Gasteiger partial charge in [0.05, 0.1) is 31.3 Å². The molecule has 0 radical (unpaired) electrons. The smallest absolute Gasteiger partial charge is 0.326 e. The Kier molecular flexibility index (Phi) is 50.8. The van der Waals surface area contributed by atoms with E-state index in [0.717, 1.165) is 11.8 Å². The van der Waals surface area contributed by atoms with Crippen molar-refractivity contribution in [2.24, 2.45) is 63.4 Å². The van der Waals surface area contributed by atoms with Gasteiger partial charge in [0.2, 0.25) is 94.5 Å². The number of β-amino-alcohol motifs (C(OH)–C–C–N with tert-alkyl or cyclic N) is 1. The summed E-state index contributed by atoms with van der Waals surface area (Å²) < 4.78 is 0. The van der Waals surface area contributed by atoms with Gasteiger partial charge in [0.25, 0.3) is 0 Å². The summed E-state index contributed by atoms with van der Waals surface area (Å²) in [6.07, 6.45) is -7.95. The van der Waals surface area contributed by atoms with Gasteiger partial charge in [-0.3, -0.25) is 86.9 Å². The number of phenols is 2. The quantitative estimate of drug-likeness (QED) is 0.0166. The Bertz CT molecular complexity index is 4230. The molecule has 133 heavy (non-hydrogen) atoms. The number of phenolic OH excluding ortho intramolecular Hbond substituents is 2. The molecule has 2 aromatic rings. The zero-order chi connectivity index (χ0) is 100. The number of carbonyl (C=O) groups excluding carboxylic acids is 16. The first-order chi connectivity index (χ1) is 62.8. The summed E-state index contributed by atoms with van der Waals surface area (Å²) in [5.41, 5.74) is 52.9. The highest BCUT2D eigenvalue weighted by Gasteiger charge is 2.45. The first kappa shape index (κ1) is 115. The number of carboxylic acids is 2. The van der Waals surface area contributed by atoms with Gasteiger partial charge in [-0.15, -0.1) is 0 Å². The zero-order valence-corrected chi connectivity index (χ0v) is 75.2. The Labute approximate surface area is 767 Å². The molecule has 744 valence electrons. The zero-order valence-electron chi connectivity index (χ0n) is 75.2. The third kappa shape index (κ3) is 39.8. The first-order valence-electron chi connectivity index (χ1n) is 43.7. The molecular weight excluding hydrogens is 1750 g/mol. The van der Waals surface area contributed by atoms with Crippen molar-refractivity contribution in [1.82, 2.24) is 84.7 Å². The molecule has 2 aromatic carbocycles. The summed E-state index contributed by atoms with van der Waals surface area (Å²) >= 11 is 0. The summed E-state index contributed by atoms with van der Waals surface area (Å²) in [7, 11) is 0. The van der Waals surface area contributed by atoms with Crippen LogP contribution >= 0.6 is 0 Å². The number of amides is 16. The van der Waals surface area contributed by atoms with Crippen molar-refractivity contribution < 1.29 is 122 Å². The van der Waals surface area contributed by atoms with Gasteiger partial charge in [-0.05, 0) is 164 Å². The third-order valence-corrected chi connectivity index (χ3v) is 21.5. The lowest BCUT2D eigenvalue weighted by atomic mass is 9.96. The number of aliphatic hydroxyl groups is 3. The number of aromatic hydroxyl groups is 2. The van der Waals surface area contributed by atoms with E-state index in [-0.39, 0.29) is 140 Å². The molecule has 1 aliphatic heterocycles. The average Bonchev–Trinajstić information content (AvgIpc) is 1.67. The van der Waals surface area contributed by atoms with Crippen LogP contribution in [0.5, 0.6) is 11.5 Å². The lowest BCUT2D eigenvalue weighted by Crippen LogP contribution is -2.63. The van der Waals surface area contributed by atoms with Crippen LogP contribution in [0.4, 0.5) is 0 Å². The molecular formula is C82H136N26O25. The second kappa shape index (κ2) is 59.0. The van der Waals surface area contributed by atoms with Gasteiger partial charge in [-0.2, -0.15) is 0 Å². The number of unbranched alkanes of at least 4 members (excludes halogenated alkanes) is 1. The van der Waals surface area contributed by atoms with Crippen LogP contribution in [0.15, 0.2) is 48.5 Å². The summed E-state index contributed by atoms with van der Waals surface area (Å²) in [4.78, 5) is 251. The van der Waals surface area contributed by atoms with Crippen LogP contribution in [0.3, 0.4) is 0 Å². The molecule has 0 aliphatic carbocycles. The van der Waals surface area contributed by atoms with Gasteiger partial charge in [-0.1, -0.05) is 58.4 Å². The second-order valence-electron chi connectivity index (χ2n) is 32.5. The van der Waals surface area contributed by atoms with E-state index >= 15 is 0 Å². The predicted molar refractivity (Wildman–Crippen MR) is 477 cm³/mol. The molecule has 0 unspecified atom stereocenters. The van der Waals surface area contributed by atoms with Crippen molar-refractivity contribution in [2.75, 3.05) is 59.0 Å². The van der Waals surface area contributed by atoms with Gasteiger partial charge in [-0.25, -0.2) is 4.79 Å². The molecule has 51 nitrogen and oxygen atoms in total. The van der Waals surface area contributed by atoms with Crippen LogP contribution in [-0.2, 0) is 99.1 Å². The van der Waals surface area contributed by atoms with Crippen molar-refractivity contribution >= 4 is 112 Å². The van der Waals surface area contributed by atoms with Crippen LogP contribution < -0.4 is 131 Å². The maximum atomic E-state index is 14.7. The fourth-order valence-corrected chi connectivity index (χ4v) is 13.7. The van der Waals surface area contributed by atoms with Crippen molar-refractivity contribution in [3.05, 3.63) is 59.7 Å². The number of rotatable bonds is 62. The minimum atomic E-state index is -2.13. The Morgan fingerprint density at radius 1 is 0.436 bits per heavy atom. The molecule has 0 aromatic heterocycles. The number of likely N-dealkylation sites (tertiary alicyclic amines) is 1. The molecule has 1 saturated heterocycles. The van der Waals surface area contributed by atoms with Gasteiger partial charge < -0.3 is 172 Å². The Morgan fingerprint density at radius 2 is 0.782 bits per heavy atom. The summed E-state index contributed by atoms with van der Waals surface area (Å²) in [5, 5.41) is 116. The number of carbonyl (C=O) groups is 18. The third-order valence-electron chi connectivity index (χ3n) is 21.5.